The Labute approximate surface area is 85.7 Å². The van der Waals surface area contributed by atoms with Crippen LogP contribution in [0.1, 0.15) is 33.1 Å². The van der Waals surface area contributed by atoms with Gasteiger partial charge in [-0.15, -0.1) is 0 Å². The third kappa shape index (κ3) is 2.26. The van der Waals surface area contributed by atoms with Crippen LogP contribution in [0.15, 0.2) is 0 Å². The van der Waals surface area contributed by atoms with Crippen molar-refractivity contribution >= 4 is 0 Å². The third-order valence-corrected chi connectivity index (χ3v) is 3.18. The number of ether oxygens (including phenoxy) is 1. The molecule has 1 rings (SSSR count). The highest BCUT2D eigenvalue weighted by Gasteiger charge is 2.41. The first kappa shape index (κ1) is 11.5. The second kappa shape index (κ2) is 4.77. The van der Waals surface area contributed by atoms with Crippen LogP contribution in [0.4, 0.5) is 0 Å². The molecule has 14 heavy (non-hydrogen) atoms. The number of nitrogens with zero attached hydrogens (tertiary/aromatic N) is 1. The molecule has 3 heteroatoms. The van der Waals surface area contributed by atoms with E-state index >= 15 is 0 Å². The standard InChI is InChI=1S/C11H19NO2/c1-9-3-4-10(2)11(7-9,8-12)14-6-5-13/h9-10,13H,3-7H2,1-2H3. The first-order valence-electron chi connectivity index (χ1n) is 5.30. The minimum atomic E-state index is -0.652. The van der Waals surface area contributed by atoms with Crippen LogP contribution in [-0.2, 0) is 4.74 Å². The van der Waals surface area contributed by atoms with Crippen molar-refractivity contribution in [1.29, 1.82) is 5.26 Å². The molecule has 1 fully saturated rings. The van der Waals surface area contributed by atoms with E-state index in [0.29, 0.717) is 5.92 Å². The lowest BCUT2D eigenvalue weighted by Gasteiger charge is -2.39. The summed E-state index contributed by atoms with van der Waals surface area (Å²) < 4.78 is 5.54. The molecule has 0 heterocycles. The van der Waals surface area contributed by atoms with E-state index in [1.54, 1.807) is 0 Å². The fourth-order valence-corrected chi connectivity index (χ4v) is 2.21. The van der Waals surface area contributed by atoms with Crippen molar-refractivity contribution in [3.8, 4) is 6.07 Å². The predicted molar refractivity (Wildman–Crippen MR) is 53.6 cm³/mol. The maximum atomic E-state index is 9.20. The molecule has 80 valence electrons. The zero-order chi connectivity index (χ0) is 10.6. The number of rotatable bonds is 3. The lowest BCUT2D eigenvalue weighted by Crippen LogP contribution is -2.43. The molecule has 1 saturated carbocycles. The monoisotopic (exact) mass is 197 g/mol. The summed E-state index contributed by atoms with van der Waals surface area (Å²) in [6.07, 6.45) is 3.01. The molecule has 0 radical (unpaired) electrons. The van der Waals surface area contributed by atoms with Gasteiger partial charge in [0.15, 0.2) is 5.60 Å². The minimum absolute atomic E-state index is 0.00939. The average molecular weight is 197 g/mol. The Balaban J connectivity index is 2.68. The van der Waals surface area contributed by atoms with Crippen LogP contribution in [0.3, 0.4) is 0 Å². The second-order valence-corrected chi connectivity index (χ2v) is 4.36. The highest BCUT2D eigenvalue weighted by Crippen LogP contribution is 2.39. The summed E-state index contributed by atoms with van der Waals surface area (Å²) in [6, 6.07) is 2.30. The number of nitriles is 1. The van der Waals surface area contributed by atoms with Gasteiger partial charge in [0.05, 0.1) is 19.3 Å². The molecule has 1 N–H and O–H groups in total. The molecular weight excluding hydrogens is 178 g/mol. The van der Waals surface area contributed by atoms with Gasteiger partial charge in [-0.2, -0.15) is 5.26 Å². The summed E-state index contributed by atoms with van der Waals surface area (Å²) in [6.45, 7) is 4.47. The van der Waals surface area contributed by atoms with Gasteiger partial charge in [-0.1, -0.05) is 20.3 Å². The molecule has 0 bridgehead atoms. The van der Waals surface area contributed by atoms with Crippen molar-refractivity contribution in [1.82, 2.24) is 0 Å². The predicted octanol–water partition coefficient (Wildman–Crippen LogP) is 1.71. The van der Waals surface area contributed by atoms with Gasteiger partial charge in [0.1, 0.15) is 0 Å². The van der Waals surface area contributed by atoms with Gasteiger partial charge in [-0.25, -0.2) is 0 Å². The normalized spacial score (nSPS) is 37.9. The molecule has 3 atom stereocenters. The van der Waals surface area contributed by atoms with Gasteiger partial charge >= 0.3 is 0 Å². The molecule has 0 amide bonds. The number of aliphatic hydroxyl groups excluding tert-OH is 1. The van der Waals surface area contributed by atoms with Crippen molar-refractivity contribution < 1.29 is 9.84 Å². The van der Waals surface area contributed by atoms with Gasteiger partial charge in [-0.3, -0.25) is 0 Å². The summed E-state index contributed by atoms with van der Waals surface area (Å²) in [7, 11) is 0. The van der Waals surface area contributed by atoms with Crippen molar-refractivity contribution in [3.63, 3.8) is 0 Å². The first-order chi connectivity index (χ1) is 6.64. The zero-order valence-corrected chi connectivity index (χ0v) is 8.99. The lowest BCUT2D eigenvalue weighted by atomic mass is 9.72. The summed E-state index contributed by atoms with van der Waals surface area (Å²) in [4.78, 5) is 0. The topological polar surface area (TPSA) is 53.2 Å². The fraction of sp³-hybridized carbons (Fsp3) is 0.909. The fourth-order valence-electron chi connectivity index (χ4n) is 2.21. The van der Waals surface area contributed by atoms with Gasteiger partial charge in [0, 0.05) is 0 Å². The highest BCUT2D eigenvalue weighted by atomic mass is 16.5. The SMILES string of the molecule is CC1CCC(C)C(C#N)(OCCO)C1. The summed E-state index contributed by atoms with van der Waals surface area (Å²) in [5.41, 5.74) is -0.652. The highest BCUT2D eigenvalue weighted by molar-refractivity contribution is 5.07. The second-order valence-electron chi connectivity index (χ2n) is 4.36. The molecule has 3 unspecified atom stereocenters. The van der Waals surface area contributed by atoms with Crippen molar-refractivity contribution in [2.75, 3.05) is 13.2 Å². The van der Waals surface area contributed by atoms with E-state index in [-0.39, 0.29) is 19.1 Å². The molecule has 0 aromatic rings. The average Bonchev–Trinajstić information content (AvgIpc) is 2.20. The number of hydrogen-bond acceptors (Lipinski definition) is 3. The molecule has 1 aliphatic carbocycles. The summed E-state index contributed by atoms with van der Waals surface area (Å²) >= 11 is 0. The van der Waals surface area contributed by atoms with Crippen LogP contribution in [0.5, 0.6) is 0 Å². The molecule has 0 aromatic carbocycles. The van der Waals surface area contributed by atoms with E-state index in [0.717, 1.165) is 12.8 Å². The van der Waals surface area contributed by atoms with Crippen LogP contribution >= 0.6 is 0 Å². The molecule has 0 spiro atoms. The van der Waals surface area contributed by atoms with Gasteiger partial charge in [0.25, 0.3) is 0 Å². The summed E-state index contributed by atoms with van der Waals surface area (Å²) in [5.74, 6) is 0.819. The van der Waals surface area contributed by atoms with Gasteiger partial charge < -0.3 is 9.84 Å². The maximum Gasteiger partial charge on any atom is 0.157 e. The summed E-state index contributed by atoms with van der Waals surface area (Å²) in [5, 5.41) is 17.9. The van der Waals surface area contributed by atoms with Crippen LogP contribution in [0.2, 0.25) is 0 Å². The molecular formula is C11H19NO2. The van der Waals surface area contributed by atoms with E-state index in [4.69, 9.17) is 9.84 Å². The largest absolute Gasteiger partial charge is 0.394 e. The molecule has 0 aromatic heterocycles. The Morgan fingerprint density at radius 2 is 2.21 bits per heavy atom. The molecule has 0 saturated heterocycles. The third-order valence-electron chi connectivity index (χ3n) is 3.18. The van der Waals surface area contributed by atoms with E-state index in [1.807, 2.05) is 0 Å². The van der Waals surface area contributed by atoms with Gasteiger partial charge in [-0.05, 0) is 24.7 Å². The number of aliphatic hydroxyl groups is 1. The Bertz CT molecular complexity index is 224. The van der Waals surface area contributed by atoms with E-state index in [2.05, 4.69) is 19.9 Å². The first-order valence-corrected chi connectivity index (χ1v) is 5.30. The van der Waals surface area contributed by atoms with Crippen LogP contribution in [0.25, 0.3) is 0 Å². The van der Waals surface area contributed by atoms with Crippen LogP contribution < -0.4 is 0 Å². The lowest BCUT2D eigenvalue weighted by molar-refractivity contribution is -0.0825. The van der Waals surface area contributed by atoms with Gasteiger partial charge in [0.2, 0.25) is 0 Å². The Kier molecular flexibility index (Phi) is 3.91. The Hall–Kier alpha value is -0.590. The molecule has 1 aliphatic rings. The van der Waals surface area contributed by atoms with Crippen molar-refractivity contribution in [3.05, 3.63) is 0 Å². The van der Waals surface area contributed by atoms with Crippen LogP contribution in [-0.4, -0.2) is 23.9 Å². The van der Waals surface area contributed by atoms with Crippen molar-refractivity contribution in [2.45, 2.75) is 38.7 Å². The van der Waals surface area contributed by atoms with E-state index < -0.39 is 5.60 Å². The Morgan fingerprint density at radius 1 is 1.50 bits per heavy atom. The molecule has 3 nitrogen and oxygen atoms in total. The van der Waals surface area contributed by atoms with E-state index in [1.165, 1.54) is 6.42 Å². The van der Waals surface area contributed by atoms with E-state index in [9.17, 15) is 5.26 Å². The quantitative estimate of drug-likeness (QED) is 0.749. The zero-order valence-electron chi connectivity index (χ0n) is 8.99. The van der Waals surface area contributed by atoms with Crippen molar-refractivity contribution in [2.24, 2.45) is 11.8 Å². The maximum absolute atomic E-state index is 9.20. The number of hydrogen-bond donors (Lipinski definition) is 1. The smallest absolute Gasteiger partial charge is 0.157 e. The Morgan fingerprint density at radius 3 is 2.79 bits per heavy atom. The minimum Gasteiger partial charge on any atom is -0.394 e. The molecule has 0 aliphatic heterocycles. The van der Waals surface area contributed by atoms with Crippen LogP contribution in [0, 0.1) is 23.2 Å².